The summed E-state index contributed by atoms with van der Waals surface area (Å²) < 4.78 is 26.5. The Bertz CT molecular complexity index is 976. The SMILES string of the molecule is O=C(NC1CCCN(Cc2ccc(F)c(F)c2)C1)c1ccc(-c2cscn2)cc1. The minimum Gasteiger partial charge on any atom is -0.348 e. The number of hydrogen-bond acceptors (Lipinski definition) is 4. The van der Waals surface area contributed by atoms with E-state index >= 15 is 0 Å². The summed E-state index contributed by atoms with van der Waals surface area (Å²) in [7, 11) is 0. The van der Waals surface area contributed by atoms with Crippen molar-refractivity contribution >= 4 is 17.2 Å². The number of amides is 1. The van der Waals surface area contributed by atoms with E-state index in [9.17, 15) is 13.6 Å². The predicted octanol–water partition coefficient (Wildman–Crippen LogP) is 4.48. The van der Waals surface area contributed by atoms with Crippen molar-refractivity contribution in [2.24, 2.45) is 0 Å². The molecule has 0 saturated carbocycles. The van der Waals surface area contributed by atoms with Gasteiger partial charge in [0, 0.05) is 35.6 Å². The van der Waals surface area contributed by atoms with E-state index < -0.39 is 11.6 Å². The Morgan fingerprint density at radius 1 is 1.17 bits per heavy atom. The van der Waals surface area contributed by atoms with Gasteiger partial charge in [0.2, 0.25) is 0 Å². The van der Waals surface area contributed by atoms with Gasteiger partial charge in [0.05, 0.1) is 11.2 Å². The van der Waals surface area contributed by atoms with Gasteiger partial charge in [0.1, 0.15) is 0 Å². The fraction of sp³-hybridized carbons (Fsp3) is 0.273. The maximum Gasteiger partial charge on any atom is 0.251 e. The number of carbonyl (C=O) groups is 1. The number of carbonyl (C=O) groups excluding carboxylic acids is 1. The zero-order chi connectivity index (χ0) is 20.2. The average Bonchev–Trinajstić information content (AvgIpc) is 3.26. The third kappa shape index (κ3) is 4.86. The van der Waals surface area contributed by atoms with E-state index in [4.69, 9.17) is 0 Å². The van der Waals surface area contributed by atoms with Crippen LogP contribution in [0.2, 0.25) is 0 Å². The smallest absolute Gasteiger partial charge is 0.251 e. The minimum absolute atomic E-state index is 0.0276. The number of rotatable bonds is 5. The monoisotopic (exact) mass is 413 g/mol. The lowest BCUT2D eigenvalue weighted by Crippen LogP contribution is -2.47. The number of hydrogen-bond donors (Lipinski definition) is 1. The van der Waals surface area contributed by atoms with E-state index in [1.54, 1.807) is 11.6 Å². The van der Waals surface area contributed by atoms with Crippen molar-refractivity contribution in [2.45, 2.75) is 25.4 Å². The number of nitrogens with zero attached hydrogens (tertiary/aromatic N) is 2. The van der Waals surface area contributed by atoms with Gasteiger partial charge in [0.25, 0.3) is 5.91 Å². The molecule has 2 heterocycles. The summed E-state index contributed by atoms with van der Waals surface area (Å²) in [4.78, 5) is 19.1. The first kappa shape index (κ1) is 19.7. The van der Waals surface area contributed by atoms with Crippen LogP contribution >= 0.6 is 11.3 Å². The van der Waals surface area contributed by atoms with E-state index in [-0.39, 0.29) is 11.9 Å². The molecule has 1 fully saturated rings. The number of nitrogens with one attached hydrogen (secondary N) is 1. The summed E-state index contributed by atoms with van der Waals surface area (Å²) in [6.45, 7) is 2.08. The minimum atomic E-state index is -0.835. The van der Waals surface area contributed by atoms with Crippen LogP contribution in [0, 0.1) is 11.6 Å². The highest BCUT2D eigenvalue weighted by Gasteiger charge is 2.22. The first-order chi connectivity index (χ1) is 14.1. The van der Waals surface area contributed by atoms with Crippen LogP contribution in [-0.2, 0) is 6.54 Å². The molecule has 1 aliphatic heterocycles. The molecule has 1 amide bonds. The number of thiazole rings is 1. The van der Waals surface area contributed by atoms with Crippen LogP contribution in [0.5, 0.6) is 0 Å². The molecule has 3 aromatic rings. The molecule has 4 nitrogen and oxygen atoms in total. The normalized spacial score (nSPS) is 17.2. The van der Waals surface area contributed by atoms with Crippen molar-refractivity contribution in [3.05, 3.63) is 76.1 Å². The fourth-order valence-corrected chi connectivity index (χ4v) is 4.19. The van der Waals surface area contributed by atoms with Gasteiger partial charge in [-0.1, -0.05) is 18.2 Å². The molecule has 29 heavy (non-hydrogen) atoms. The molecule has 0 radical (unpaired) electrons. The molecule has 0 bridgehead atoms. The molecule has 4 rings (SSSR count). The summed E-state index contributed by atoms with van der Waals surface area (Å²) in [5.41, 5.74) is 5.01. The number of likely N-dealkylation sites (tertiary alicyclic amines) is 1. The second-order valence-corrected chi connectivity index (χ2v) is 7.97. The van der Waals surface area contributed by atoms with Crippen LogP contribution in [-0.4, -0.2) is 34.9 Å². The Morgan fingerprint density at radius 3 is 2.72 bits per heavy atom. The molecular weight excluding hydrogens is 392 g/mol. The van der Waals surface area contributed by atoms with Gasteiger partial charge in [-0.15, -0.1) is 11.3 Å². The highest BCUT2D eigenvalue weighted by Crippen LogP contribution is 2.20. The molecule has 1 atom stereocenters. The van der Waals surface area contributed by atoms with Crippen LogP contribution in [0.3, 0.4) is 0 Å². The van der Waals surface area contributed by atoms with Crippen LogP contribution in [0.4, 0.5) is 8.78 Å². The summed E-state index contributed by atoms with van der Waals surface area (Å²) in [6.07, 6.45) is 1.84. The Labute approximate surface area is 172 Å². The van der Waals surface area contributed by atoms with Crippen molar-refractivity contribution in [1.29, 1.82) is 0 Å². The predicted molar refractivity (Wildman–Crippen MR) is 110 cm³/mol. The lowest BCUT2D eigenvalue weighted by atomic mass is 10.0. The molecule has 1 N–H and O–H groups in total. The van der Waals surface area contributed by atoms with Crippen LogP contribution in [0.15, 0.2) is 53.4 Å². The van der Waals surface area contributed by atoms with Crippen molar-refractivity contribution in [3.8, 4) is 11.3 Å². The Kier molecular flexibility index (Phi) is 5.97. The number of halogens is 2. The first-order valence-corrected chi connectivity index (χ1v) is 10.5. The topological polar surface area (TPSA) is 45.2 Å². The van der Waals surface area contributed by atoms with E-state index in [1.165, 1.54) is 17.4 Å². The van der Waals surface area contributed by atoms with Gasteiger partial charge in [-0.3, -0.25) is 9.69 Å². The third-order valence-corrected chi connectivity index (χ3v) is 5.69. The van der Waals surface area contributed by atoms with Crippen molar-refractivity contribution in [2.75, 3.05) is 13.1 Å². The number of aromatic nitrogens is 1. The molecule has 2 aromatic carbocycles. The maximum atomic E-state index is 13.4. The molecular formula is C22H21F2N3OS. The summed E-state index contributed by atoms with van der Waals surface area (Å²) >= 11 is 1.54. The Balaban J connectivity index is 1.35. The molecule has 150 valence electrons. The van der Waals surface area contributed by atoms with Crippen LogP contribution < -0.4 is 5.32 Å². The zero-order valence-corrected chi connectivity index (χ0v) is 16.6. The molecule has 1 aromatic heterocycles. The maximum absolute atomic E-state index is 13.4. The molecule has 0 aliphatic carbocycles. The van der Waals surface area contributed by atoms with Crippen molar-refractivity contribution < 1.29 is 13.6 Å². The second kappa shape index (κ2) is 8.80. The van der Waals surface area contributed by atoms with E-state index in [0.717, 1.165) is 42.3 Å². The summed E-state index contributed by atoms with van der Waals surface area (Å²) in [5.74, 6) is -1.77. The molecule has 1 saturated heterocycles. The Morgan fingerprint density at radius 2 is 2.00 bits per heavy atom. The van der Waals surface area contributed by atoms with Gasteiger partial charge < -0.3 is 5.32 Å². The lowest BCUT2D eigenvalue weighted by molar-refractivity contribution is 0.0901. The van der Waals surface area contributed by atoms with Crippen LogP contribution in [0.25, 0.3) is 11.3 Å². The highest BCUT2D eigenvalue weighted by molar-refractivity contribution is 7.07. The fourth-order valence-electron chi connectivity index (χ4n) is 3.63. The highest BCUT2D eigenvalue weighted by atomic mass is 32.1. The first-order valence-electron chi connectivity index (χ1n) is 9.54. The number of benzene rings is 2. The largest absolute Gasteiger partial charge is 0.348 e. The molecule has 1 aliphatic rings. The standard InChI is InChI=1S/C22H21F2N3OS/c23-19-8-3-15(10-20(19)24)11-27-9-1-2-18(12-27)26-22(28)17-6-4-16(5-7-17)21-13-29-14-25-21/h3-8,10,13-14,18H,1-2,9,11-12H2,(H,26,28). The van der Waals surface area contributed by atoms with Crippen LogP contribution in [0.1, 0.15) is 28.8 Å². The van der Waals surface area contributed by atoms with E-state index in [0.29, 0.717) is 18.7 Å². The van der Waals surface area contributed by atoms with Gasteiger partial charge in [0.15, 0.2) is 11.6 Å². The van der Waals surface area contributed by atoms with Gasteiger partial charge in [-0.25, -0.2) is 13.8 Å². The lowest BCUT2D eigenvalue weighted by Gasteiger charge is -2.33. The van der Waals surface area contributed by atoms with E-state index in [2.05, 4.69) is 15.2 Å². The average molecular weight is 413 g/mol. The summed E-state index contributed by atoms with van der Waals surface area (Å²) in [5, 5.41) is 5.07. The van der Waals surface area contributed by atoms with Gasteiger partial charge in [-0.05, 0) is 49.2 Å². The third-order valence-electron chi connectivity index (χ3n) is 5.11. The second-order valence-electron chi connectivity index (χ2n) is 7.25. The van der Waals surface area contributed by atoms with Crippen molar-refractivity contribution in [3.63, 3.8) is 0 Å². The molecule has 0 spiro atoms. The summed E-state index contributed by atoms with van der Waals surface area (Å²) in [6, 6.07) is 11.5. The number of piperidine rings is 1. The van der Waals surface area contributed by atoms with E-state index in [1.807, 2.05) is 29.6 Å². The quantitative estimate of drug-likeness (QED) is 0.671. The van der Waals surface area contributed by atoms with Crippen molar-refractivity contribution in [1.82, 2.24) is 15.2 Å². The Hall–Kier alpha value is -2.64. The van der Waals surface area contributed by atoms with Gasteiger partial charge in [-0.2, -0.15) is 0 Å². The molecule has 7 heteroatoms. The zero-order valence-electron chi connectivity index (χ0n) is 15.8. The molecule has 1 unspecified atom stereocenters. The van der Waals surface area contributed by atoms with Gasteiger partial charge >= 0.3 is 0 Å².